The second-order valence-corrected chi connectivity index (χ2v) is 10.7. The fourth-order valence-electron chi connectivity index (χ4n) is 4.06. The van der Waals surface area contributed by atoms with Gasteiger partial charge in [-0.15, -0.1) is 0 Å². The Morgan fingerprint density at radius 1 is 1.17 bits per heavy atom. The number of amides is 1. The van der Waals surface area contributed by atoms with Crippen LogP contribution < -0.4 is 10.9 Å². The number of carbonyl (C=O) groups is 1. The number of halogens is 1. The van der Waals surface area contributed by atoms with E-state index in [1.807, 2.05) is 0 Å². The topological polar surface area (TPSA) is 123 Å². The molecular formula is C23H26FN5O5S. The summed E-state index contributed by atoms with van der Waals surface area (Å²) in [6.07, 6.45) is 2.78. The number of nitrogens with zero attached hydrogens (tertiary/aromatic N) is 4. The zero-order chi connectivity index (χ0) is 25.3. The standard InChI is InChI=1S/C23H26FN5O5S/c1-14(2)34-23(31)28-10-8-15(9-11-28)29-20(30)7-5-17-21(25-13-26-22(17)29)27-19-6-4-16(12-18(19)24)35(3,32)33/h4-7,12-15H,8-11H2,1-3H3,(H,25,26,27). The predicted octanol–water partition coefficient (Wildman–Crippen LogP) is 3.26. The van der Waals surface area contributed by atoms with Gasteiger partial charge in [-0.05, 0) is 51.0 Å². The minimum Gasteiger partial charge on any atom is -0.447 e. The van der Waals surface area contributed by atoms with Crippen molar-refractivity contribution in [1.29, 1.82) is 0 Å². The summed E-state index contributed by atoms with van der Waals surface area (Å²) in [5.74, 6) is -0.485. The molecule has 12 heteroatoms. The molecule has 1 aromatic carbocycles. The van der Waals surface area contributed by atoms with Crippen molar-refractivity contribution in [3.05, 3.63) is 52.8 Å². The molecule has 1 saturated heterocycles. The largest absolute Gasteiger partial charge is 0.447 e. The Hall–Kier alpha value is -3.54. The monoisotopic (exact) mass is 503 g/mol. The minimum atomic E-state index is -3.55. The van der Waals surface area contributed by atoms with Gasteiger partial charge < -0.3 is 15.0 Å². The van der Waals surface area contributed by atoms with Crippen LogP contribution in [0.4, 0.5) is 20.7 Å². The molecule has 35 heavy (non-hydrogen) atoms. The molecule has 1 fully saturated rings. The first kappa shape index (κ1) is 24.6. The molecule has 1 aliphatic rings. The van der Waals surface area contributed by atoms with Crippen LogP contribution in [0.2, 0.25) is 0 Å². The Labute approximate surface area is 201 Å². The maximum Gasteiger partial charge on any atom is 0.410 e. The summed E-state index contributed by atoms with van der Waals surface area (Å²) in [7, 11) is -3.55. The zero-order valence-corrected chi connectivity index (χ0v) is 20.4. The number of carbonyl (C=O) groups excluding carboxylic acids is 1. The number of benzene rings is 1. The first-order valence-corrected chi connectivity index (χ1v) is 13.0. The molecule has 0 bridgehead atoms. The normalized spacial score (nSPS) is 14.9. The van der Waals surface area contributed by atoms with Gasteiger partial charge in [0.1, 0.15) is 23.6 Å². The van der Waals surface area contributed by atoms with Crippen LogP contribution in [0.25, 0.3) is 11.0 Å². The van der Waals surface area contributed by atoms with E-state index in [1.165, 1.54) is 24.5 Å². The molecule has 3 aromatic rings. The van der Waals surface area contributed by atoms with Crippen molar-refractivity contribution in [2.24, 2.45) is 0 Å². The van der Waals surface area contributed by atoms with Crippen molar-refractivity contribution < 1.29 is 22.3 Å². The predicted molar refractivity (Wildman–Crippen MR) is 128 cm³/mol. The number of pyridine rings is 1. The first-order valence-electron chi connectivity index (χ1n) is 11.1. The van der Waals surface area contributed by atoms with Gasteiger partial charge >= 0.3 is 6.09 Å². The smallest absolute Gasteiger partial charge is 0.410 e. The quantitative estimate of drug-likeness (QED) is 0.563. The van der Waals surface area contributed by atoms with E-state index < -0.39 is 15.7 Å². The molecule has 1 aliphatic heterocycles. The number of piperidine rings is 1. The van der Waals surface area contributed by atoms with Gasteiger partial charge in [0.15, 0.2) is 9.84 Å². The van der Waals surface area contributed by atoms with Crippen LogP contribution in [-0.2, 0) is 14.6 Å². The van der Waals surface area contributed by atoms with Crippen molar-refractivity contribution in [1.82, 2.24) is 19.4 Å². The Morgan fingerprint density at radius 3 is 2.51 bits per heavy atom. The zero-order valence-electron chi connectivity index (χ0n) is 19.6. The maximum absolute atomic E-state index is 14.6. The maximum atomic E-state index is 14.6. The molecule has 0 unspecified atom stereocenters. The number of ether oxygens (including phenoxy) is 1. The lowest BCUT2D eigenvalue weighted by molar-refractivity contribution is 0.0661. The van der Waals surface area contributed by atoms with E-state index in [0.717, 1.165) is 12.3 Å². The summed E-state index contributed by atoms with van der Waals surface area (Å²) in [6.45, 7) is 4.45. The number of aromatic nitrogens is 3. The van der Waals surface area contributed by atoms with E-state index in [0.29, 0.717) is 37.0 Å². The molecule has 186 valence electrons. The highest BCUT2D eigenvalue weighted by molar-refractivity contribution is 7.90. The second kappa shape index (κ2) is 9.61. The molecule has 1 amide bonds. The van der Waals surface area contributed by atoms with Gasteiger partial charge in [0.2, 0.25) is 0 Å². The number of nitrogens with one attached hydrogen (secondary N) is 1. The number of likely N-dealkylation sites (tertiary alicyclic amines) is 1. The summed E-state index contributed by atoms with van der Waals surface area (Å²) < 4.78 is 44.8. The van der Waals surface area contributed by atoms with Crippen LogP contribution in [0.15, 0.2) is 46.3 Å². The van der Waals surface area contributed by atoms with Crippen LogP contribution in [0, 0.1) is 5.82 Å². The van der Waals surface area contributed by atoms with E-state index >= 15 is 0 Å². The molecule has 1 N–H and O–H groups in total. The second-order valence-electron chi connectivity index (χ2n) is 8.69. The summed E-state index contributed by atoms with van der Waals surface area (Å²) >= 11 is 0. The van der Waals surface area contributed by atoms with E-state index in [9.17, 15) is 22.4 Å². The first-order chi connectivity index (χ1) is 16.5. The molecule has 2 aromatic heterocycles. The van der Waals surface area contributed by atoms with Gasteiger partial charge in [0.25, 0.3) is 5.56 Å². The number of anilines is 2. The van der Waals surface area contributed by atoms with Gasteiger partial charge in [0.05, 0.1) is 22.1 Å². The van der Waals surface area contributed by atoms with Crippen LogP contribution in [-0.4, -0.2) is 59.4 Å². The molecule has 0 saturated carbocycles. The molecule has 0 spiro atoms. The van der Waals surface area contributed by atoms with Gasteiger partial charge in [-0.1, -0.05) is 0 Å². The summed E-state index contributed by atoms with van der Waals surface area (Å²) in [6, 6.07) is 6.34. The van der Waals surface area contributed by atoms with Crippen molar-refractivity contribution in [3.63, 3.8) is 0 Å². The molecule has 0 radical (unpaired) electrons. The van der Waals surface area contributed by atoms with E-state index in [1.54, 1.807) is 29.4 Å². The third kappa shape index (κ3) is 5.26. The van der Waals surface area contributed by atoms with E-state index in [4.69, 9.17) is 4.74 Å². The Kier molecular flexibility index (Phi) is 6.75. The molecule has 0 atom stereocenters. The summed E-state index contributed by atoms with van der Waals surface area (Å²) in [4.78, 5) is 35.0. The average Bonchev–Trinajstić information content (AvgIpc) is 2.79. The molecule has 3 heterocycles. The Morgan fingerprint density at radius 2 is 1.89 bits per heavy atom. The average molecular weight is 504 g/mol. The Bertz CT molecular complexity index is 1430. The van der Waals surface area contributed by atoms with Gasteiger partial charge in [-0.2, -0.15) is 0 Å². The van der Waals surface area contributed by atoms with Crippen LogP contribution >= 0.6 is 0 Å². The summed E-state index contributed by atoms with van der Waals surface area (Å²) in [5.41, 5.74) is 0.174. The van der Waals surface area contributed by atoms with Crippen LogP contribution in [0.3, 0.4) is 0 Å². The van der Waals surface area contributed by atoms with Crippen molar-refractivity contribution in [2.45, 2.75) is 43.7 Å². The van der Waals surface area contributed by atoms with E-state index in [-0.39, 0.29) is 40.2 Å². The number of rotatable bonds is 5. The highest BCUT2D eigenvalue weighted by Crippen LogP contribution is 2.29. The third-order valence-electron chi connectivity index (χ3n) is 5.77. The van der Waals surface area contributed by atoms with Crippen molar-refractivity contribution >= 4 is 38.5 Å². The molecule has 0 aliphatic carbocycles. The van der Waals surface area contributed by atoms with E-state index in [2.05, 4.69) is 15.3 Å². The third-order valence-corrected chi connectivity index (χ3v) is 6.88. The minimum absolute atomic E-state index is 0.0344. The van der Waals surface area contributed by atoms with Gasteiger partial charge in [-0.25, -0.2) is 27.6 Å². The lowest BCUT2D eigenvalue weighted by Gasteiger charge is -2.33. The van der Waals surface area contributed by atoms with Crippen molar-refractivity contribution in [3.8, 4) is 0 Å². The lowest BCUT2D eigenvalue weighted by Crippen LogP contribution is -2.41. The molecule has 10 nitrogen and oxygen atoms in total. The fraction of sp³-hybridized carbons (Fsp3) is 0.391. The van der Waals surface area contributed by atoms with Crippen LogP contribution in [0.5, 0.6) is 0 Å². The Balaban J connectivity index is 1.63. The number of hydrogen-bond acceptors (Lipinski definition) is 8. The van der Waals surface area contributed by atoms with Crippen molar-refractivity contribution in [2.75, 3.05) is 24.7 Å². The highest BCUT2D eigenvalue weighted by atomic mass is 32.2. The molecular weight excluding hydrogens is 477 g/mol. The highest BCUT2D eigenvalue weighted by Gasteiger charge is 2.27. The van der Waals surface area contributed by atoms with Gasteiger partial charge in [-0.3, -0.25) is 9.36 Å². The number of hydrogen-bond donors (Lipinski definition) is 1. The number of sulfone groups is 1. The fourth-order valence-corrected chi connectivity index (χ4v) is 4.69. The van der Waals surface area contributed by atoms with Crippen LogP contribution in [0.1, 0.15) is 32.7 Å². The van der Waals surface area contributed by atoms with Gasteiger partial charge in [0, 0.05) is 31.5 Å². The summed E-state index contributed by atoms with van der Waals surface area (Å²) in [5, 5.41) is 3.38. The lowest BCUT2D eigenvalue weighted by atomic mass is 10.0. The number of fused-ring (bicyclic) bond motifs is 1. The molecule has 4 rings (SSSR count). The SMILES string of the molecule is CC(C)OC(=O)N1CCC(n2c(=O)ccc3c(Nc4ccc(S(C)(=O)=O)cc4F)ncnc32)CC1.